The van der Waals surface area contributed by atoms with E-state index in [1.54, 1.807) is 0 Å². The van der Waals surface area contributed by atoms with E-state index < -0.39 is 0 Å². The molecule has 62 valence electrons. The van der Waals surface area contributed by atoms with Gasteiger partial charge >= 0.3 is 0 Å². The predicted molar refractivity (Wildman–Crippen MR) is 50.0 cm³/mol. The largest absolute Gasteiger partial charge is 0.244 e. The van der Waals surface area contributed by atoms with Crippen molar-refractivity contribution in [3.8, 4) is 6.07 Å². The Kier molecular flexibility index (Phi) is 3.56. The minimum atomic E-state index is 0.470. The number of halogens is 1. The van der Waals surface area contributed by atoms with Gasteiger partial charge in [-0.15, -0.1) is 0 Å². The molecule has 0 aliphatic carbocycles. The van der Waals surface area contributed by atoms with E-state index >= 15 is 0 Å². The van der Waals surface area contributed by atoms with Gasteiger partial charge in [-0.25, -0.2) is 4.99 Å². The molecule has 2 nitrogen and oxygen atoms in total. The van der Waals surface area contributed by atoms with E-state index in [2.05, 4.69) is 4.99 Å². The lowest BCUT2D eigenvalue weighted by molar-refractivity contribution is 0.866. The lowest BCUT2D eigenvalue weighted by Crippen LogP contribution is -1.79. The highest BCUT2D eigenvalue weighted by molar-refractivity contribution is 6.29. The van der Waals surface area contributed by atoms with Gasteiger partial charge in [0.05, 0.1) is 5.57 Å². The maximum Gasteiger partial charge on any atom is 0.125 e. The molecule has 0 bridgehead atoms. The van der Waals surface area contributed by atoms with E-state index in [4.69, 9.17) is 16.9 Å². The summed E-state index contributed by atoms with van der Waals surface area (Å²) in [6, 6.07) is 2.05. The minimum absolute atomic E-state index is 0.470. The highest BCUT2D eigenvalue weighted by Gasteiger charge is 1.94. The number of aliphatic imine (C=N–C) groups is 1. The smallest absolute Gasteiger partial charge is 0.125 e. The first-order valence-corrected chi connectivity index (χ1v) is 4.20. The van der Waals surface area contributed by atoms with Crippen molar-refractivity contribution in [1.82, 2.24) is 0 Å². The Morgan fingerprint density at radius 1 is 1.42 bits per heavy atom. The lowest BCUT2D eigenvalue weighted by Gasteiger charge is -1.88. The summed E-state index contributed by atoms with van der Waals surface area (Å²) in [5.74, 6) is 0. The Morgan fingerprint density at radius 2 is 2.17 bits per heavy atom. The molecule has 0 saturated heterocycles. The van der Waals surface area contributed by atoms with Gasteiger partial charge in [-0.05, 0) is 25.3 Å². The number of hydrogen-bond donors (Lipinski definition) is 0. The second-order valence-corrected chi connectivity index (χ2v) is 2.87. The fourth-order valence-electron chi connectivity index (χ4n) is 0.908. The predicted octanol–water partition coefficient (Wildman–Crippen LogP) is 2.77. The number of allylic oxidation sites excluding steroid dienone is 3. The van der Waals surface area contributed by atoms with E-state index in [-0.39, 0.29) is 0 Å². The third kappa shape index (κ3) is 2.89. The molecule has 0 aromatic carbocycles. The van der Waals surface area contributed by atoms with Crippen molar-refractivity contribution >= 4 is 17.8 Å². The van der Waals surface area contributed by atoms with Crippen LogP contribution < -0.4 is 0 Å². The van der Waals surface area contributed by atoms with Crippen molar-refractivity contribution in [3.05, 3.63) is 22.9 Å². The molecule has 0 amide bonds. The summed E-state index contributed by atoms with van der Waals surface area (Å²) >= 11 is 5.71. The molecule has 0 saturated carbocycles. The molecule has 0 atom stereocenters. The second-order valence-electron chi connectivity index (χ2n) is 2.49. The Bertz CT molecular complexity index is 281. The normalized spacial score (nSPS) is 29.3. The van der Waals surface area contributed by atoms with E-state index in [0.717, 1.165) is 19.3 Å². The summed E-state index contributed by atoms with van der Waals surface area (Å²) in [7, 11) is 0. The average Bonchev–Trinajstić information content (AvgIpc) is 2.17. The van der Waals surface area contributed by atoms with Gasteiger partial charge in [0.2, 0.25) is 0 Å². The van der Waals surface area contributed by atoms with Crippen molar-refractivity contribution in [1.29, 1.82) is 5.26 Å². The van der Waals surface area contributed by atoms with Crippen LogP contribution in [0.4, 0.5) is 0 Å². The van der Waals surface area contributed by atoms with E-state index in [9.17, 15) is 0 Å². The SMILES string of the molecule is N#CC1=C/CCC/C=C(Cl)/N=C\1. The van der Waals surface area contributed by atoms with Gasteiger partial charge in [0, 0.05) is 6.21 Å². The summed E-state index contributed by atoms with van der Waals surface area (Å²) < 4.78 is 0. The molecule has 3 heteroatoms. The van der Waals surface area contributed by atoms with Crippen LogP contribution >= 0.6 is 11.6 Å². The summed E-state index contributed by atoms with van der Waals surface area (Å²) in [4.78, 5) is 3.91. The third-order valence-corrected chi connectivity index (χ3v) is 1.79. The lowest BCUT2D eigenvalue weighted by atomic mass is 10.2. The number of nitriles is 1. The first kappa shape index (κ1) is 9.02. The van der Waals surface area contributed by atoms with Gasteiger partial charge in [-0.2, -0.15) is 5.26 Å². The Labute approximate surface area is 76.9 Å². The average molecular weight is 181 g/mol. The van der Waals surface area contributed by atoms with Crippen molar-refractivity contribution in [2.45, 2.75) is 19.3 Å². The van der Waals surface area contributed by atoms with Crippen LogP contribution in [0.25, 0.3) is 0 Å². The fourth-order valence-corrected chi connectivity index (χ4v) is 1.07. The molecule has 0 aromatic rings. The van der Waals surface area contributed by atoms with Crippen LogP contribution in [-0.2, 0) is 0 Å². The fraction of sp³-hybridized carbons (Fsp3) is 0.333. The van der Waals surface area contributed by atoms with Crippen molar-refractivity contribution < 1.29 is 0 Å². The van der Waals surface area contributed by atoms with Gasteiger partial charge in [-0.1, -0.05) is 17.7 Å². The number of nitrogens with zero attached hydrogens (tertiary/aromatic N) is 2. The maximum atomic E-state index is 8.61. The molecule has 0 spiro atoms. The Hall–Kier alpha value is -1.07. The standard InChI is InChI=1S/C9H9ClN2/c10-9-5-3-1-2-4-8(6-11)7-12-9/h4-5,7H,1-3H2/b8-4-,9-5+,12-7-. The highest BCUT2D eigenvalue weighted by atomic mass is 35.5. The van der Waals surface area contributed by atoms with E-state index in [1.807, 2.05) is 18.2 Å². The van der Waals surface area contributed by atoms with Crippen LogP contribution in [0.2, 0.25) is 0 Å². The zero-order valence-electron chi connectivity index (χ0n) is 6.63. The van der Waals surface area contributed by atoms with Gasteiger partial charge in [-0.3, -0.25) is 0 Å². The van der Waals surface area contributed by atoms with Gasteiger partial charge in [0.25, 0.3) is 0 Å². The van der Waals surface area contributed by atoms with Crippen LogP contribution in [0.15, 0.2) is 27.9 Å². The zero-order chi connectivity index (χ0) is 8.81. The summed E-state index contributed by atoms with van der Waals surface area (Å²) in [5.41, 5.74) is 0.587. The van der Waals surface area contributed by atoms with Crippen molar-refractivity contribution in [2.24, 2.45) is 4.99 Å². The van der Waals surface area contributed by atoms with Crippen LogP contribution in [0, 0.1) is 11.3 Å². The summed E-state index contributed by atoms with van der Waals surface area (Å²) in [6.07, 6.45) is 8.11. The first-order chi connectivity index (χ1) is 5.83. The molecule has 0 unspecified atom stereocenters. The maximum absolute atomic E-state index is 8.61. The van der Waals surface area contributed by atoms with Gasteiger partial charge < -0.3 is 0 Å². The van der Waals surface area contributed by atoms with Crippen LogP contribution in [0.5, 0.6) is 0 Å². The van der Waals surface area contributed by atoms with Crippen LogP contribution in [-0.4, -0.2) is 6.21 Å². The first-order valence-electron chi connectivity index (χ1n) is 3.83. The summed E-state index contributed by atoms with van der Waals surface area (Å²) in [6.45, 7) is 0. The highest BCUT2D eigenvalue weighted by Crippen LogP contribution is 2.10. The molecular weight excluding hydrogens is 172 g/mol. The Morgan fingerprint density at radius 3 is 2.92 bits per heavy atom. The molecule has 0 N–H and O–H groups in total. The van der Waals surface area contributed by atoms with Crippen LogP contribution in [0.3, 0.4) is 0 Å². The molecule has 1 rings (SSSR count). The molecule has 1 aliphatic rings. The Balaban J connectivity index is 2.80. The zero-order valence-corrected chi connectivity index (χ0v) is 7.38. The molecule has 12 heavy (non-hydrogen) atoms. The molecule has 1 heterocycles. The van der Waals surface area contributed by atoms with Crippen molar-refractivity contribution in [3.63, 3.8) is 0 Å². The van der Waals surface area contributed by atoms with Crippen molar-refractivity contribution in [2.75, 3.05) is 0 Å². The number of hydrogen-bond acceptors (Lipinski definition) is 2. The molecular formula is C9H9ClN2. The molecule has 0 radical (unpaired) electrons. The third-order valence-electron chi connectivity index (χ3n) is 1.54. The molecule has 1 aliphatic heterocycles. The van der Waals surface area contributed by atoms with E-state index in [0.29, 0.717) is 10.7 Å². The van der Waals surface area contributed by atoms with Gasteiger partial charge in [0.15, 0.2) is 0 Å². The quantitative estimate of drug-likeness (QED) is 0.528. The summed E-state index contributed by atoms with van der Waals surface area (Å²) in [5, 5.41) is 9.08. The molecule has 0 aromatic heterocycles. The minimum Gasteiger partial charge on any atom is -0.244 e. The van der Waals surface area contributed by atoms with Crippen LogP contribution in [0.1, 0.15) is 19.3 Å². The topological polar surface area (TPSA) is 36.1 Å². The second kappa shape index (κ2) is 4.74. The van der Waals surface area contributed by atoms with E-state index in [1.165, 1.54) is 6.21 Å². The molecule has 0 fully saturated rings. The van der Waals surface area contributed by atoms with Gasteiger partial charge in [0.1, 0.15) is 11.2 Å². The monoisotopic (exact) mass is 180 g/mol. The number of rotatable bonds is 0.